The summed E-state index contributed by atoms with van der Waals surface area (Å²) in [5.41, 5.74) is 6.27. The number of rotatable bonds is 4. The highest BCUT2D eigenvalue weighted by atomic mass is 16.5. The Bertz CT molecular complexity index is 394. The van der Waals surface area contributed by atoms with Crippen LogP contribution in [-0.2, 0) is 11.2 Å². The highest BCUT2D eigenvalue weighted by molar-refractivity contribution is 4.95. The van der Waals surface area contributed by atoms with Crippen LogP contribution in [-0.4, -0.2) is 47.9 Å². The summed E-state index contributed by atoms with van der Waals surface area (Å²) in [5, 5.41) is 4.00. The van der Waals surface area contributed by atoms with Gasteiger partial charge in [0.15, 0.2) is 5.82 Å². The predicted molar refractivity (Wildman–Crippen MR) is 71.6 cm³/mol. The zero-order valence-electron chi connectivity index (χ0n) is 12.1. The molecule has 6 nitrogen and oxygen atoms in total. The standard InChI is InChI=1S/C13H24N4O2/c1-13(2,3)8-11-15-12(16-19-11)10(14)9-17-4-6-18-7-5-17/h10H,4-9,14H2,1-3H3. The third-order valence-corrected chi connectivity index (χ3v) is 3.06. The molecular weight excluding hydrogens is 244 g/mol. The minimum Gasteiger partial charge on any atom is -0.379 e. The topological polar surface area (TPSA) is 77.4 Å². The lowest BCUT2D eigenvalue weighted by Crippen LogP contribution is -2.40. The normalized spacial score (nSPS) is 19.6. The molecule has 1 aromatic rings. The van der Waals surface area contributed by atoms with Crippen molar-refractivity contribution < 1.29 is 9.26 Å². The van der Waals surface area contributed by atoms with Gasteiger partial charge in [-0.05, 0) is 5.41 Å². The van der Waals surface area contributed by atoms with E-state index in [0.717, 1.165) is 39.3 Å². The smallest absolute Gasteiger partial charge is 0.227 e. The number of hydrogen-bond donors (Lipinski definition) is 1. The fourth-order valence-corrected chi connectivity index (χ4v) is 2.09. The molecular formula is C13H24N4O2. The Kier molecular flexibility index (Phi) is 4.54. The lowest BCUT2D eigenvalue weighted by Gasteiger charge is -2.27. The Labute approximate surface area is 114 Å². The van der Waals surface area contributed by atoms with Gasteiger partial charge in [-0.3, -0.25) is 4.90 Å². The molecule has 108 valence electrons. The molecule has 2 rings (SSSR count). The van der Waals surface area contributed by atoms with Crippen molar-refractivity contribution in [3.05, 3.63) is 11.7 Å². The van der Waals surface area contributed by atoms with Gasteiger partial charge in [0.05, 0.1) is 19.3 Å². The zero-order valence-corrected chi connectivity index (χ0v) is 12.1. The van der Waals surface area contributed by atoms with Crippen LogP contribution < -0.4 is 5.73 Å². The summed E-state index contributed by atoms with van der Waals surface area (Å²) in [4.78, 5) is 6.67. The average molecular weight is 268 g/mol. The molecule has 1 aliphatic heterocycles. The van der Waals surface area contributed by atoms with E-state index >= 15 is 0 Å². The Balaban J connectivity index is 1.90. The average Bonchev–Trinajstić information content (AvgIpc) is 2.76. The summed E-state index contributed by atoms with van der Waals surface area (Å²) in [6.07, 6.45) is 0.768. The van der Waals surface area contributed by atoms with E-state index in [0.29, 0.717) is 11.7 Å². The fraction of sp³-hybridized carbons (Fsp3) is 0.846. The van der Waals surface area contributed by atoms with Gasteiger partial charge in [-0.15, -0.1) is 0 Å². The maximum atomic E-state index is 6.14. The number of aromatic nitrogens is 2. The van der Waals surface area contributed by atoms with E-state index in [1.54, 1.807) is 0 Å². The third-order valence-electron chi connectivity index (χ3n) is 3.06. The molecule has 0 saturated carbocycles. The largest absolute Gasteiger partial charge is 0.379 e. The zero-order chi connectivity index (χ0) is 13.9. The number of nitrogens with zero attached hydrogens (tertiary/aromatic N) is 3. The summed E-state index contributed by atoms with van der Waals surface area (Å²) in [6, 6.07) is -0.199. The van der Waals surface area contributed by atoms with E-state index in [9.17, 15) is 0 Å². The molecule has 0 bridgehead atoms. The molecule has 0 aliphatic carbocycles. The molecule has 1 unspecified atom stereocenters. The minimum absolute atomic E-state index is 0.137. The van der Waals surface area contributed by atoms with Crippen LogP contribution in [0.15, 0.2) is 4.52 Å². The first kappa shape index (κ1) is 14.4. The maximum absolute atomic E-state index is 6.14. The summed E-state index contributed by atoms with van der Waals surface area (Å²) in [6.45, 7) is 10.6. The lowest BCUT2D eigenvalue weighted by molar-refractivity contribution is 0.0348. The molecule has 1 fully saturated rings. The fourth-order valence-electron chi connectivity index (χ4n) is 2.09. The second kappa shape index (κ2) is 5.98. The Morgan fingerprint density at radius 1 is 1.32 bits per heavy atom. The molecule has 0 aromatic carbocycles. The quantitative estimate of drug-likeness (QED) is 0.877. The van der Waals surface area contributed by atoms with Crippen molar-refractivity contribution in [1.29, 1.82) is 0 Å². The lowest BCUT2D eigenvalue weighted by atomic mass is 9.92. The molecule has 19 heavy (non-hydrogen) atoms. The predicted octanol–water partition coefficient (Wildman–Crippen LogP) is 0.990. The summed E-state index contributed by atoms with van der Waals surface area (Å²) in [7, 11) is 0. The molecule has 1 aromatic heterocycles. The molecule has 0 spiro atoms. The van der Waals surface area contributed by atoms with Crippen molar-refractivity contribution in [2.45, 2.75) is 33.2 Å². The molecule has 1 aliphatic rings. The molecule has 2 N–H and O–H groups in total. The number of hydrogen-bond acceptors (Lipinski definition) is 6. The summed E-state index contributed by atoms with van der Waals surface area (Å²) >= 11 is 0. The molecule has 0 radical (unpaired) electrons. The van der Waals surface area contributed by atoms with Gasteiger partial charge in [-0.2, -0.15) is 4.98 Å². The Hall–Kier alpha value is -0.980. The van der Waals surface area contributed by atoms with Gasteiger partial charge in [0, 0.05) is 26.1 Å². The maximum Gasteiger partial charge on any atom is 0.227 e. The van der Waals surface area contributed by atoms with Crippen LogP contribution >= 0.6 is 0 Å². The van der Waals surface area contributed by atoms with Crippen LogP contribution in [0.3, 0.4) is 0 Å². The Morgan fingerprint density at radius 2 is 2.00 bits per heavy atom. The second-order valence-electron chi connectivity index (χ2n) is 6.30. The molecule has 1 saturated heterocycles. The van der Waals surface area contributed by atoms with E-state index in [2.05, 4.69) is 35.8 Å². The van der Waals surface area contributed by atoms with E-state index in [-0.39, 0.29) is 11.5 Å². The van der Waals surface area contributed by atoms with Crippen molar-refractivity contribution in [3.63, 3.8) is 0 Å². The van der Waals surface area contributed by atoms with Crippen molar-refractivity contribution in [1.82, 2.24) is 15.0 Å². The first-order valence-electron chi connectivity index (χ1n) is 6.82. The van der Waals surface area contributed by atoms with Gasteiger partial charge >= 0.3 is 0 Å². The van der Waals surface area contributed by atoms with Crippen LogP contribution in [0.2, 0.25) is 0 Å². The molecule has 2 heterocycles. The second-order valence-corrected chi connectivity index (χ2v) is 6.30. The van der Waals surface area contributed by atoms with Crippen LogP contribution in [0.25, 0.3) is 0 Å². The minimum atomic E-state index is -0.199. The van der Waals surface area contributed by atoms with Crippen molar-refractivity contribution in [2.75, 3.05) is 32.8 Å². The SMILES string of the molecule is CC(C)(C)Cc1nc(C(N)CN2CCOCC2)no1. The van der Waals surface area contributed by atoms with Crippen LogP contribution in [0, 0.1) is 5.41 Å². The van der Waals surface area contributed by atoms with Gasteiger partial charge < -0.3 is 15.0 Å². The van der Waals surface area contributed by atoms with Gasteiger partial charge in [0.2, 0.25) is 5.89 Å². The van der Waals surface area contributed by atoms with E-state index in [1.165, 1.54) is 0 Å². The molecule has 6 heteroatoms. The van der Waals surface area contributed by atoms with E-state index < -0.39 is 0 Å². The van der Waals surface area contributed by atoms with Crippen molar-refractivity contribution >= 4 is 0 Å². The monoisotopic (exact) mass is 268 g/mol. The van der Waals surface area contributed by atoms with Crippen molar-refractivity contribution in [3.8, 4) is 0 Å². The number of ether oxygens (including phenoxy) is 1. The summed E-state index contributed by atoms with van der Waals surface area (Å²) in [5.74, 6) is 1.27. The van der Waals surface area contributed by atoms with Gasteiger partial charge in [-0.1, -0.05) is 25.9 Å². The molecule has 0 amide bonds. The van der Waals surface area contributed by atoms with Crippen LogP contribution in [0.1, 0.15) is 38.5 Å². The Morgan fingerprint density at radius 3 is 2.63 bits per heavy atom. The molecule has 1 atom stereocenters. The van der Waals surface area contributed by atoms with Crippen LogP contribution in [0.4, 0.5) is 0 Å². The highest BCUT2D eigenvalue weighted by Gasteiger charge is 2.21. The summed E-state index contributed by atoms with van der Waals surface area (Å²) < 4.78 is 10.6. The van der Waals surface area contributed by atoms with Gasteiger partial charge in [-0.25, -0.2) is 0 Å². The number of morpholine rings is 1. The van der Waals surface area contributed by atoms with Gasteiger partial charge in [0.1, 0.15) is 0 Å². The highest BCUT2D eigenvalue weighted by Crippen LogP contribution is 2.20. The number of nitrogens with two attached hydrogens (primary N) is 1. The van der Waals surface area contributed by atoms with E-state index in [1.807, 2.05) is 0 Å². The third kappa shape index (κ3) is 4.56. The van der Waals surface area contributed by atoms with Crippen LogP contribution in [0.5, 0.6) is 0 Å². The first-order valence-corrected chi connectivity index (χ1v) is 6.82. The van der Waals surface area contributed by atoms with Gasteiger partial charge in [0.25, 0.3) is 0 Å². The first-order chi connectivity index (χ1) is 8.94. The van der Waals surface area contributed by atoms with E-state index in [4.69, 9.17) is 15.0 Å². The van der Waals surface area contributed by atoms with Crippen molar-refractivity contribution in [2.24, 2.45) is 11.1 Å².